The lowest BCUT2D eigenvalue weighted by Crippen LogP contribution is -2.03. The fourth-order valence-corrected chi connectivity index (χ4v) is 0.984. The molecule has 0 atom stereocenters. The molecule has 0 aromatic carbocycles. The number of ether oxygens (including phenoxy) is 2. The second-order valence-corrected chi connectivity index (χ2v) is 2.89. The number of rotatable bonds is 2. The first-order valence-corrected chi connectivity index (χ1v) is 4.90. The van der Waals surface area contributed by atoms with Crippen molar-refractivity contribution in [2.75, 3.05) is 13.7 Å². The van der Waals surface area contributed by atoms with Crippen LogP contribution in [0.4, 0.5) is 0 Å². The normalized spacial score (nSPS) is 8.82. The van der Waals surface area contributed by atoms with Crippen molar-refractivity contribution in [3.8, 4) is 11.8 Å². The zero-order valence-electron chi connectivity index (χ0n) is 9.52. The molecule has 88 valence electrons. The van der Waals surface area contributed by atoms with Crippen LogP contribution in [-0.2, 0) is 14.3 Å². The topological polar surface area (TPSA) is 65.5 Å². The molecule has 0 radical (unpaired) electrons. The maximum absolute atomic E-state index is 11.1. The zero-order chi connectivity index (χ0) is 12.7. The van der Waals surface area contributed by atoms with Crippen molar-refractivity contribution in [2.24, 2.45) is 0 Å². The first kappa shape index (κ1) is 12.7. The number of aromatic nitrogens is 1. The molecular formula is C12H11NO4. The molecule has 0 N–H and O–H groups in total. The van der Waals surface area contributed by atoms with Crippen molar-refractivity contribution >= 4 is 11.9 Å². The highest BCUT2D eigenvalue weighted by molar-refractivity contribution is 5.89. The average molecular weight is 233 g/mol. The minimum absolute atomic E-state index is 0.189. The molecule has 1 heterocycles. The van der Waals surface area contributed by atoms with Gasteiger partial charge in [0.05, 0.1) is 13.7 Å². The number of methoxy groups -OCH3 is 1. The van der Waals surface area contributed by atoms with Gasteiger partial charge < -0.3 is 9.47 Å². The van der Waals surface area contributed by atoms with Gasteiger partial charge in [0.2, 0.25) is 0 Å². The Labute approximate surface area is 98.8 Å². The van der Waals surface area contributed by atoms with Gasteiger partial charge in [0.25, 0.3) is 0 Å². The van der Waals surface area contributed by atoms with Gasteiger partial charge in [-0.15, -0.1) is 0 Å². The van der Waals surface area contributed by atoms with Gasteiger partial charge in [0, 0.05) is 17.7 Å². The Morgan fingerprint density at radius 3 is 2.71 bits per heavy atom. The third-order valence-corrected chi connectivity index (χ3v) is 1.74. The van der Waals surface area contributed by atoms with Crippen LogP contribution in [0, 0.1) is 11.8 Å². The zero-order valence-corrected chi connectivity index (χ0v) is 9.52. The fourth-order valence-electron chi connectivity index (χ4n) is 0.984. The van der Waals surface area contributed by atoms with Crippen molar-refractivity contribution in [1.29, 1.82) is 0 Å². The number of esters is 2. The van der Waals surface area contributed by atoms with E-state index < -0.39 is 11.9 Å². The maximum atomic E-state index is 11.1. The van der Waals surface area contributed by atoms with E-state index >= 15 is 0 Å². The summed E-state index contributed by atoms with van der Waals surface area (Å²) >= 11 is 0. The van der Waals surface area contributed by atoms with Gasteiger partial charge in [0.15, 0.2) is 0 Å². The molecule has 0 saturated carbocycles. The van der Waals surface area contributed by atoms with Crippen LogP contribution < -0.4 is 0 Å². The summed E-state index contributed by atoms with van der Waals surface area (Å²) in [5, 5.41) is 0. The number of carbonyl (C=O) groups is 2. The van der Waals surface area contributed by atoms with Crippen LogP contribution in [0.25, 0.3) is 0 Å². The van der Waals surface area contributed by atoms with E-state index in [1.165, 1.54) is 19.4 Å². The van der Waals surface area contributed by atoms with Crippen molar-refractivity contribution in [2.45, 2.75) is 6.92 Å². The van der Waals surface area contributed by atoms with Crippen molar-refractivity contribution in [1.82, 2.24) is 4.98 Å². The van der Waals surface area contributed by atoms with Gasteiger partial charge in [0.1, 0.15) is 5.69 Å². The number of nitrogens with zero attached hydrogens (tertiary/aromatic N) is 1. The summed E-state index contributed by atoms with van der Waals surface area (Å²) in [5.74, 6) is 3.76. The monoisotopic (exact) mass is 233 g/mol. The summed E-state index contributed by atoms with van der Waals surface area (Å²) < 4.78 is 9.13. The molecule has 0 aliphatic rings. The molecule has 0 fully saturated rings. The Morgan fingerprint density at radius 2 is 2.18 bits per heavy atom. The summed E-state index contributed by atoms with van der Waals surface area (Å²) in [6.07, 6.45) is 1.39. The summed E-state index contributed by atoms with van der Waals surface area (Å²) in [7, 11) is 1.28. The molecule has 0 amide bonds. The SMILES string of the molecule is CCOC(=O)C#Cc1ccc(C(=O)OC)nc1. The predicted octanol–water partition coefficient (Wildman–Crippen LogP) is 0.783. The van der Waals surface area contributed by atoms with Gasteiger partial charge in [-0.3, -0.25) is 0 Å². The highest BCUT2D eigenvalue weighted by atomic mass is 16.5. The minimum atomic E-state index is -0.593. The van der Waals surface area contributed by atoms with Crippen LogP contribution in [0.2, 0.25) is 0 Å². The van der Waals surface area contributed by atoms with E-state index in [1.807, 2.05) is 0 Å². The molecule has 1 aromatic heterocycles. The van der Waals surface area contributed by atoms with E-state index in [0.29, 0.717) is 5.56 Å². The Kier molecular flexibility index (Phi) is 4.70. The van der Waals surface area contributed by atoms with E-state index in [2.05, 4.69) is 26.3 Å². The van der Waals surface area contributed by atoms with Crippen LogP contribution in [0.15, 0.2) is 18.3 Å². The molecule has 1 rings (SSSR count). The van der Waals surface area contributed by atoms with Gasteiger partial charge in [-0.25, -0.2) is 14.6 Å². The van der Waals surface area contributed by atoms with E-state index in [-0.39, 0.29) is 12.3 Å². The highest BCUT2D eigenvalue weighted by Gasteiger charge is 2.05. The standard InChI is InChI=1S/C12H11NO4/c1-3-17-11(14)7-5-9-4-6-10(13-8-9)12(15)16-2/h4,6,8H,3H2,1-2H3. The van der Waals surface area contributed by atoms with Gasteiger partial charge in [-0.05, 0) is 19.1 Å². The number of hydrogen-bond donors (Lipinski definition) is 0. The maximum Gasteiger partial charge on any atom is 0.384 e. The van der Waals surface area contributed by atoms with Crippen LogP contribution in [0.5, 0.6) is 0 Å². The summed E-state index contributed by atoms with van der Waals surface area (Å²) in [6, 6.07) is 3.05. The lowest BCUT2D eigenvalue weighted by atomic mass is 10.2. The van der Waals surface area contributed by atoms with E-state index in [9.17, 15) is 9.59 Å². The van der Waals surface area contributed by atoms with Gasteiger partial charge in [-0.2, -0.15) is 0 Å². The Bertz CT molecular complexity index is 468. The van der Waals surface area contributed by atoms with Crippen molar-refractivity contribution < 1.29 is 19.1 Å². The van der Waals surface area contributed by atoms with Crippen LogP contribution >= 0.6 is 0 Å². The number of hydrogen-bond acceptors (Lipinski definition) is 5. The van der Waals surface area contributed by atoms with Gasteiger partial charge >= 0.3 is 11.9 Å². The molecule has 0 bridgehead atoms. The highest BCUT2D eigenvalue weighted by Crippen LogP contribution is 2.00. The quantitative estimate of drug-likeness (QED) is 0.558. The number of carbonyl (C=O) groups excluding carboxylic acids is 2. The third-order valence-electron chi connectivity index (χ3n) is 1.74. The summed E-state index contributed by atoms with van der Waals surface area (Å²) in [4.78, 5) is 25.9. The first-order valence-electron chi connectivity index (χ1n) is 4.90. The van der Waals surface area contributed by atoms with E-state index in [1.54, 1.807) is 13.0 Å². The smallest absolute Gasteiger partial charge is 0.384 e. The molecule has 1 aromatic rings. The van der Waals surface area contributed by atoms with Crippen LogP contribution in [0.1, 0.15) is 23.0 Å². The molecule has 0 aliphatic heterocycles. The third kappa shape index (κ3) is 3.95. The molecule has 17 heavy (non-hydrogen) atoms. The average Bonchev–Trinajstić information content (AvgIpc) is 2.36. The van der Waals surface area contributed by atoms with E-state index in [4.69, 9.17) is 0 Å². The van der Waals surface area contributed by atoms with Crippen LogP contribution in [-0.4, -0.2) is 30.6 Å². The van der Waals surface area contributed by atoms with Crippen molar-refractivity contribution in [3.63, 3.8) is 0 Å². The second kappa shape index (κ2) is 6.28. The molecule has 0 spiro atoms. The van der Waals surface area contributed by atoms with Crippen molar-refractivity contribution in [3.05, 3.63) is 29.6 Å². The Balaban J connectivity index is 2.75. The minimum Gasteiger partial charge on any atom is -0.464 e. The lowest BCUT2D eigenvalue weighted by Gasteiger charge is -1.97. The molecule has 5 nitrogen and oxygen atoms in total. The molecule has 0 aliphatic carbocycles. The number of pyridine rings is 1. The first-order chi connectivity index (χ1) is 8.17. The second-order valence-electron chi connectivity index (χ2n) is 2.89. The Hall–Kier alpha value is -2.35. The summed E-state index contributed by atoms with van der Waals surface area (Å²) in [5.41, 5.74) is 0.708. The fraction of sp³-hybridized carbons (Fsp3) is 0.250. The van der Waals surface area contributed by atoms with E-state index in [0.717, 1.165) is 0 Å². The largest absolute Gasteiger partial charge is 0.464 e. The summed E-state index contributed by atoms with van der Waals surface area (Å²) in [6.45, 7) is 1.99. The molecule has 0 saturated heterocycles. The Morgan fingerprint density at radius 1 is 1.41 bits per heavy atom. The molecule has 5 heteroatoms. The predicted molar refractivity (Wildman–Crippen MR) is 59.1 cm³/mol. The molecular weight excluding hydrogens is 222 g/mol. The molecule has 0 unspecified atom stereocenters. The van der Waals surface area contributed by atoms with Crippen LogP contribution in [0.3, 0.4) is 0 Å². The van der Waals surface area contributed by atoms with Gasteiger partial charge in [-0.1, -0.05) is 5.92 Å². The lowest BCUT2D eigenvalue weighted by molar-refractivity contribution is -0.136.